The SMILES string of the molecule is Cc1cc2c3c(c1)N(C1C=C(c4ccc(C(C)(C)C)cc4)C=C(c4ccc(C(C)(C)C)cc4)C1)c1ccc(C(C)(C)C)cc1B3c1cc3c(cc1N2c1ccc(C(C)(C)C)cc1-c1ccccc1)OCCCO3. The second-order valence-corrected chi connectivity index (χ2v) is 25.4. The van der Waals surface area contributed by atoms with Crippen molar-refractivity contribution in [1.29, 1.82) is 0 Å². The minimum Gasteiger partial charge on any atom is -0.490 e. The van der Waals surface area contributed by atoms with Gasteiger partial charge in [0.15, 0.2) is 11.5 Å². The molecule has 3 heterocycles. The minimum absolute atomic E-state index is 0.00440. The molecule has 1 atom stereocenters. The summed E-state index contributed by atoms with van der Waals surface area (Å²) >= 11 is 0. The van der Waals surface area contributed by atoms with Crippen molar-refractivity contribution in [2.24, 2.45) is 0 Å². The molecule has 0 saturated carbocycles. The summed E-state index contributed by atoms with van der Waals surface area (Å²) in [5, 5.41) is 0. The zero-order chi connectivity index (χ0) is 51.4. The van der Waals surface area contributed by atoms with Crippen LogP contribution in [0.25, 0.3) is 22.3 Å². The van der Waals surface area contributed by atoms with E-state index >= 15 is 0 Å². The molecule has 73 heavy (non-hydrogen) atoms. The highest BCUT2D eigenvalue weighted by Crippen LogP contribution is 2.50. The smallest absolute Gasteiger partial charge is 0.252 e. The Kier molecular flexibility index (Phi) is 11.8. The minimum atomic E-state index is -0.0754. The molecular formula is C68H73BN2O2. The van der Waals surface area contributed by atoms with E-state index in [0.717, 1.165) is 35.7 Å². The van der Waals surface area contributed by atoms with Gasteiger partial charge in [0, 0.05) is 40.8 Å². The second kappa shape index (κ2) is 17.8. The van der Waals surface area contributed by atoms with Crippen LogP contribution in [0.1, 0.15) is 135 Å². The largest absolute Gasteiger partial charge is 0.490 e. The summed E-state index contributed by atoms with van der Waals surface area (Å²) in [6, 6.07) is 53.8. The van der Waals surface area contributed by atoms with Crippen LogP contribution in [0.15, 0.2) is 152 Å². The first-order valence-electron chi connectivity index (χ1n) is 26.8. The molecule has 4 nitrogen and oxygen atoms in total. The summed E-state index contributed by atoms with van der Waals surface area (Å²) in [4.78, 5) is 5.29. The Morgan fingerprint density at radius 1 is 0.479 bits per heavy atom. The van der Waals surface area contributed by atoms with Crippen molar-refractivity contribution in [3.63, 3.8) is 0 Å². The maximum atomic E-state index is 6.62. The molecule has 0 aromatic heterocycles. The molecule has 0 saturated heterocycles. The molecule has 1 aliphatic carbocycles. The summed E-state index contributed by atoms with van der Waals surface area (Å²) < 4.78 is 13.2. The van der Waals surface area contributed by atoms with Gasteiger partial charge in [-0.05, 0) is 143 Å². The highest BCUT2D eigenvalue weighted by atomic mass is 16.5. The fraction of sp³-hybridized carbons (Fsp3) is 0.324. The van der Waals surface area contributed by atoms with Crippen LogP contribution in [0.5, 0.6) is 11.5 Å². The lowest BCUT2D eigenvalue weighted by atomic mass is 9.33. The zero-order valence-electron chi connectivity index (χ0n) is 45.6. The van der Waals surface area contributed by atoms with Crippen molar-refractivity contribution in [1.82, 2.24) is 0 Å². The average molecular weight is 961 g/mol. The van der Waals surface area contributed by atoms with E-state index in [1.807, 2.05) is 0 Å². The van der Waals surface area contributed by atoms with Crippen LogP contribution >= 0.6 is 0 Å². The standard InChI is InChI=1S/C68H73BN2O2/c1-43-34-60-64-61(35-43)71(57-30-28-51(67(8,9)10)39-54(57)46-18-15-14-16-19-46)59-42-63-62(72-32-17-33-73-63)41-56(59)69(64)55-40-52(68(11,12)13)29-31-58(55)70(60)53-37-47(44-20-24-49(25-21-44)65(2,3)4)36-48(38-53)45-22-26-50(27-23-45)66(5,6)7/h14-16,18-31,34-37,39-42,53H,17,32-33,38H2,1-13H3. The van der Waals surface area contributed by atoms with Gasteiger partial charge in [0.1, 0.15) is 0 Å². The van der Waals surface area contributed by atoms with Crippen molar-refractivity contribution in [2.45, 2.75) is 131 Å². The summed E-state index contributed by atoms with van der Waals surface area (Å²) in [5.74, 6) is 1.62. The van der Waals surface area contributed by atoms with Gasteiger partial charge >= 0.3 is 0 Å². The monoisotopic (exact) mass is 961 g/mol. The van der Waals surface area contributed by atoms with Crippen LogP contribution in [0, 0.1) is 6.92 Å². The first kappa shape index (κ1) is 48.5. The van der Waals surface area contributed by atoms with Gasteiger partial charge < -0.3 is 19.3 Å². The zero-order valence-corrected chi connectivity index (χ0v) is 45.6. The quantitative estimate of drug-likeness (QED) is 0.161. The number of aryl methyl sites for hydroxylation is 1. The molecule has 7 aromatic rings. The van der Waals surface area contributed by atoms with Crippen molar-refractivity contribution in [3.8, 4) is 22.6 Å². The Labute approximate surface area is 436 Å². The molecule has 0 N–H and O–H groups in total. The summed E-state index contributed by atoms with van der Waals surface area (Å²) in [7, 11) is 0. The lowest BCUT2D eigenvalue weighted by Crippen LogP contribution is -2.63. The normalized spacial score (nSPS) is 16.5. The van der Waals surface area contributed by atoms with E-state index in [-0.39, 0.29) is 34.4 Å². The molecule has 3 aliphatic heterocycles. The van der Waals surface area contributed by atoms with Crippen LogP contribution in [0.4, 0.5) is 28.4 Å². The Hall–Kier alpha value is -6.72. The molecule has 0 amide bonds. The lowest BCUT2D eigenvalue weighted by molar-refractivity contribution is 0.297. The van der Waals surface area contributed by atoms with Gasteiger partial charge in [-0.3, -0.25) is 0 Å². The van der Waals surface area contributed by atoms with Crippen LogP contribution in [0.2, 0.25) is 0 Å². The van der Waals surface area contributed by atoms with Gasteiger partial charge in [-0.15, -0.1) is 0 Å². The molecule has 0 fully saturated rings. The van der Waals surface area contributed by atoms with Gasteiger partial charge in [-0.1, -0.05) is 192 Å². The van der Waals surface area contributed by atoms with Crippen LogP contribution < -0.4 is 35.7 Å². The van der Waals surface area contributed by atoms with E-state index in [0.29, 0.717) is 13.2 Å². The molecule has 7 aromatic carbocycles. The van der Waals surface area contributed by atoms with Crippen LogP contribution in [-0.4, -0.2) is 26.0 Å². The number of hydrogen-bond donors (Lipinski definition) is 0. The molecule has 0 bridgehead atoms. The molecule has 1 unspecified atom stereocenters. The maximum Gasteiger partial charge on any atom is 0.252 e. The summed E-state index contributed by atoms with van der Waals surface area (Å²) in [5.41, 5.74) is 23.9. The Balaban J connectivity index is 1.19. The Morgan fingerprint density at radius 3 is 1.63 bits per heavy atom. The van der Waals surface area contributed by atoms with E-state index in [1.54, 1.807) is 0 Å². The van der Waals surface area contributed by atoms with E-state index < -0.39 is 0 Å². The molecule has 0 spiro atoms. The summed E-state index contributed by atoms with van der Waals surface area (Å²) in [6.45, 7) is 31.2. The maximum absolute atomic E-state index is 6.62. The van der Waals surface area contributed by atoms with E-state index in [1.165, 1.54) is 94.7 Å². The fourth-order valence-electron chi connectivity index (χ4n) is 11.6. The number of hydrogen-bond acceptors (Lipinski definition) is 4. The van der Waals surface area contributed by atoms with Crippen molar-refractivity contribution in [3.05, 3.63) is 191 Å². The number of anilines is 5. The predicted molar refractivity (Wildman–Crippen MR) is 312 cm³/mol. The van der Waals surface area contributed by atoms with Crippen molar-refractivity contribution in [2.75, 3.05) is 23.0 Å². The first-order valence-corrected chi connectivity index (χ1v) is 26.8. The second-order valence-electron chi connectivity index (χ2n) is 25.4. The van der Waals surface area contributed by atoms with Gasteiger partial charge in [-0.25, -0.2) is 0 Å². The van der Waals surface area contributed by atoms with Gasteiger partial charge in [0.25, 0.3) is 6.71 Å². The molecule has 5 heteroatoms. The van der Waals surface area contributed by atoms with E-state index in [2.05, 4.69) is 251 Å². The number of benzene rings is 7. The van der Waals surface area contributed by atoms with E-state index in [4.69, 9.17) is 9.47 Å². The lowest BCUT2D eigenvalue weighted by Gasteiger charge is -2.47. The van der Waals surface area contributed by atoms with Gasteiger partial charge in [-0.2, -0.15) is 0 Å². The highest BCUT2D eigenvalue weighted by Gasteiger charge is 2.46. The number of ether oxygens (including phenoxy) is 2. The molecule has 4 aliphatic rings. The third-order valence-electron chi connectivity index (χ3n) is 15.8. The number of nitrogens with zero attached hydrogens (tertiary/aromatic N) is 2. The predicted octanol–water partition coefficient (Wildman–Crippen LogP) is 15.7. The Bertz CT molecular complexity index is 3330. The van der Waals surface area contributed by atoms with Crippen molar-refractivity contribution < 1.29 is 9.47 Å². The van der Waals surface area contributed by atoms with Crippen LogP contribution in [0.3, 0.4) is 0 Å². The number of allylic oxidation sites excluding steroid dienone is 2. The third kappa shape index (κ3) is 8.91. The molecule has 11 rings (SSSR count). The molecule has 370 valence electrons. The Morgan fingerprint density at radius 2 is 1.01 bits per heavy atom. The van der Waals surface area contributed by atoms with Gasteiger partial charge in [0.05, 0.1) is 24.9 Å². The average Bonchev–Trinajstić information content (AvgIpc) is 3.59. The first-order chi connectivity index (χ1) is 34.6. The third-order valence-corrected chi connectivity index (χ3v) is 15.8. The van der Waals surface area contributed by atoms with Crippen molar-refractivity contribution >= 4 is 62.7 Å². The number of rotatable bonds is 5. The topological polar surface area (TPSA) is 24.9 Å². The summed E-state index contributed by atoms with van der Waals surface area (Å²) in [6.07, 6.45) is 6.71. The fourth-order valence-corrected chi connectivity index (χ4v) is 11.6. The van der Waals surface area contributed by atoms with E-state index in [9.17, 15) is 0 Å². The number of fused-ring (bicyclic) bond motifs is 5. The molecular weight excluding hydrogens is 888 g/mol. The van der Waals surface area contributed by atoms with Crippen LogP contribution in [-0.2, 0) is 21.7 Å². The van der Waals surface area contributed by atoms with Gasteiger partial charge in [0.2, 0.25) is 0 Å². The molecule has 0 radical (unpaired) electrons. The highest BCUT2D eigenvalue weighted by molar-refractivity contribution is 7.00.